The second kappa shape index (κ2) is 5.08. The van der Waals surface area contributed by atoms with Gasteiger partial charge in [0.15, 0.2) is 0 Å². The smallest absolute Gasteiger partial charge is 0.224 e. The fourth-order valence-corrected chi connectivity index (χ4v) is 2.40. The first kappa shape index (κ1) is 11.7. The van der Waals surface area contributed by atoms with E-state index in [4.69, 9.17) is 16.3 Å². The first-order valence-corrected chi connectivity index (χ1v) is 6.47. The maximum absolute atomic E-state index is 6.00. The fourth-order valence-electron chi connectivity index (χ4n) is 2.23. The molecule has 1 aliphatic rings. The van der Waals surface area contributed by atoms with Crippen LogP contribution in [0.3, 0.4) is 0 Å². The number of benzene rings is 1. The van der Waals surface area contributed by atoms with E-state index in [1.165, 1.54) is 0 Å². The Morgan fingerprint density at radius 2 is 2.00 bits per heavy atom. The van der Waals surface area contributed by atoms with Crippen LogP contribution in [0, 0.1) is 0 Å². The van der Waals surface area contributed by atoms with Crippen molar-refractivity contribution in [3.63, 3.8) is 0 Å². The van der Waals surface area contributed by atoms with Crippen molar-refractivity contribution < 1.29 is 4.74 Å². The van der Waals surface area contributed by atoms with Gasteiger partial charge in [-0.25, -0.2) is 4.98 Å². The molecule has 0 bridgehead atoms. The van der Waals surface area contributed by atoms with Crippen LogP contribution in [0.1, 0.15) is 6.42 Å². The molecule has 0 N–H and O–H groups in total. The summed E-state index contributed by atoms with van der Waals surface area (Å²) in [5.74, 6) is 0.913. The number of rotatable bonds is 1. The van der Waals surface area contributed by atoms with Crippen molar-refractivity contribution in [2.45, 2.75) is 6.42 Å². The zero-order valence-corrected chi connectivity index (χ0v) is 10.7. The topological polar surface area (TPSA) is 38.2 Å². The molecule has 2 heterocycles. The molecule has 4 nitrogen and oxygen atoms in total. The van der Waals surface area contributed by atoms with Crippen molar-refractivity contribution in [1.29, 1.82) is 0 Å². The second-order valence-electron chi connectivity index (χ2n) is 4.29. The van der Waals surface area contributed by atoms with E-state index in [0.717, 1.165) is 49.4 Å². The first-order chi connectivity index (χ1) is 8.84. The minimum atomic E-state index is 0.300. The highest BCUT2D eigenvalue weighted by molar-refractivity contribution is 6.28. The van der Waals surface area contributed by atoms with Gasteiger partial charge in [0.2, 0.25) is 5.28 Å². The Hall–Kier alpha value is -1.39. The molecule has 1 fully saturated rings. The molecule has 0 unspecified atom stereocenters. The summed E-state index contributed by atoms with van der Waals surface area (Å²) in [7, 11) is 0. The molecule has 5 heteroatoms. The van der Waals surface area contributed by atoms with Gasteiger partial charge >= 0.3 is 0 Å². The van der Waals surface area contributed by atoms with E-state index in [0.29, 0.717) is 5.28 Å². The van der Waals surface area contributed by atoms with Gasteiger partial charge in [-0.2, -0.15) is 4.98 Å². The van der Waals surface area contributed by atoms with E-state index in [2.05, 4.69) is 14.9 Å². The standard InChI is InChI=1S/C13H14ClN3O/c14-13-15-11-5-2-1-4-10(11)12(16-13)17-6-3-8-18-9-7-17/h1-2,4-5H,3,6-9H2. The molecule has 3 rings (SSSR count). The van der Waals surface area contributed by atoms with Gasteiger partial charge < -0.3 is 9.64 Å². The molecule has 18 heavy (non-hydrogen) atoms. The Kier molecular flexibility index (Phi) is 3.30. The van der Waals surface area contributed by atoms with Gasteiger partial charge in [0.05, 0.1) is 12.1 Å². The lowest BCUT2D eigenvalue weighted by Gasteiger charge is -2.22. The van der Waals surface area contributed by atoms with Crippen LogP contribution < -0.4 is 4.90 Å². The minimum Gasteiger partial charge on any atom is -0.380 e. The van der Waals surface area contributed by atoms with Crippen molar-refractivity contribution >= 4 is 28.3 Å². The Balaban J connectivity index is 2.08. The molecule has 1 aromatic heterocycles. The normalized spacial score (nSPS) is 16.8. The van der Waals surface area contributed by atoms with Crippen LogP contribution in [-0.2, 0) is 4.74 Å². The molecule has 0 amide bonds. The highest BCUT2D eigenvalue weighted by Gasteiger charge is 2.15. The SMILES string of the molecule is Clc1nc(N2CCCOCC2)c2ccccc2n1. The van der Waals surface area contributed by atoms with E-state index in [-0.39, 0.29) is 0 Å². The quantitative estimate of drug-likeness (QED) is 0.741. The summed E-state index contributed by atoms with van der Waals surface area (Å²) in [5.41, 5.74) is 0.887. The Labute approximate surface area is 111 Å². The molecule has 0 spiro atoms. The Morgan fingerprint density at radius 3 is 2.94 bits per heavy atom. The third kappa shape index (κ3) is 2.26. The lowest BCUT2D eigenvalue weighted by Crippen LogP contribution is -2.27. The summed E-state index contributed by atoms with van der Waals surface area (Å²) in [5, 5.41) is 1.35. The summed E-state index contributed by atoms with van der Waals surface area (Å²) < 4.78 is 5.47. The minimum absolute atomic E-state index is 0.300. The zero-order valence-electron chi connectivity index (χ0n) is 9.97. The first-order valence-electron chi connectivity index (χ1n) is 6.09. The molecule has 0 aliphatic carbocycles. The van der Waals surface area contributed by atoms with Gasteiger partial charge in [0, 0.05) is 25.1 Å². The third-order valence-electron chi connectivity index (χ3n) is 3.08. The number of hydrogen-bond donors (Lipinski definition) is 0. The molecule has 1 aliphatic heterocycles. The van der Waals surface area contributed by atoms with Crippen LogP contribution in [0.5, 0.6) is 0 Å². The number of ether oxygens (including phenoxy) is 1. The van der Waals surface area contributed by atoms with Crippen molar-refractivity contribution in [2.24, 2.45) is 0 Å². The Morgan fingerprint density at radius 1 is 1.11 bits per heavy atom. The number of halogens is 1. The fraction of sp³-hybridized carbons (Fsp3) is 0.385. The summed E-state index contributed by atoms with van der Waals surface area (Å²) in [6, 6.07) is 7.95. The van der Waals surface area contributed by atoms with Crippen molar-refractivity contribution in [2.75, 3.05) is 31.2 Å². The average Bonchev–Trinajstić information content (AvgIpc) is 2.66. The maximum Gasteiger partial charge on any atom is 0.224 e. The molecule has 1 saturated heterocycles. The lowest BCUT2D eigenvalue weighted by atomic mass is 10.2. The molecular weight excluding hydrogens is 250 g/mol. The second-order valence-corrected chi connectivity index (χ2v) is 4.62. The van der Waals surface area contributed by atoms with E-state index < -0.39 is 0 Å². The summed E-state index contributed by atoms with van der Waals surface area (Å²) >= 11 is 6.00. The van der Waals surface area contributed by atoms with Gasteiger partial charge in [0.1, 0.15) is 5.82 Å². The van der Waals surface area contributed by atoms with Gasteiger partial charge in [-0.1, -0.05) is 12.1 Å². The van der Waals surface area contributed by atoms with Crippen LogP contribution in [0.25, 0.3) is 10.9 Å². The number of fused-ring (bicyclic) bond motifs is 1. The molecule has 2 aromatic rings. The number of para-hydroxylation sites is 1. The summed E-state index contributed by atoms with van der Waals surface area (Å²) in [6.45, 7) is 3.33. The predicted octanol–water partition coefficient (Wildman–Crippen LogP) is 2.51. The average molecular weight is 264 g/mol. The maximum atomic E-state index is 6.00. The van der Waals surface area contributed by atoms with Crippen molar-refractivity contribution in [1.82, 2.24) is 9.97 Å². The monoisotopic (exact) mass is 263 g/mol. The molecule has 1 aromatic carbocycles. The number of anilines is 1. The Bertz CT molecular complexity index is 553. The number of hydrogen-bond acceptors (Lipinski definition) is 4. The highest BCUT2D eigenvalue weighted by atomic mass is 35.5. The highest BCUT2D eigenvalue weighted by Crippen LogP contribution is 2.25. The molecule has 0 radical (unpaired) electrons. The third-order valence-corrected chi connectivity index (χ3v) is 3.25. The molecule has 0 saturated carbocycles. The largest absolute Gasteiger partial charge is 0.380 e. The van der Waals surface area contributed by atoms with Crippen LogP contribution in [0.2, 0.25) is 5.28 Å². The number of aromatic nitrogens is 2. The van der Waals surface area contributed by atoms with Crippen LogP contribution in [-0.4, -0.2) is 36.3 Å². The molecule has 94 valence electrons. The van der Waals surface area contributed by atoms with E-state index >= 15 is 0 Å². The predicted molar refractivity (Wildman–Crippen MR) is 72.2 cm³/mol. The lowest BCUT2D eigenvalue weighted by molar-refractivity contribution is 0.152. The molecule has 0 atom stereocenters. The van der Waals surface area contributed by atoms with Crippen molar-refractivity contribution in [3.05, 3.63) is 29.5 Å². The van der Waals surface area contributed by atoms with Gasteiger partial charge in [-0.15, -0.1) is 0 Å². The number of nitrogens with zero attached hydrogens (tertiary/aromatic N) is 3. The summed E-state index contributed by atoms with van der Waals surface area (Å²) in [6.07, 6.45) is 1.01. The molecular formula is C13H14ClN3O. The van der Waals surface area contributed by atoms with Gasteiger partial charge in [-0.05, 0) is 30.2 Å². The zero-order chi connectivity index (χ0) is 12.4. The van der Waals surface area contributed by atoms with E-state index in [1.54, 1.807) is 0 Å². The van der Waals surface area contributed by atoms with Gasteiger partial charge in [-0.3, -0.25) is 0 Å². The van der Waals surface area contributed by atoms with Gasteiger partial charge in [0.25, 0.3) is 0 Å². The van der Waals surface area contributed by atoms with Crippen LogP contribution in [0.4, 0.5) is 5.82 Å². The van der Waals surface area contributed by atoms with Crippen molar-refractivity contribution in [3.8, 4) is 0 Å². The van der Waals surface area contributed by atoms with Crippen LogP contribution in [0.15, 0.2) is 24.3 Å². The van der Waals surface area contributed by atoms with Crippen LogP contribution >= 0.6 is 11.6 Å². The van der Waals surface area contributed by atoms with E-state index in [1.807, 2.05) is 24.3 Å². The summed E-state index contributed by atoms with van der Waals surface area (Å²) in [4.78, 5) is 10.9. The van der Waals surface area contributed by atoms with E-state index in [9.17, 15) is 0 Å².